The van der Waals surface area contributed by atoms with Crippen LogP contribution in [-0.2, 0) is 0 Å². The summed E-state index contributed by atoms with van der Waals surface area (Å²) in [6, 6.07) is 15.8. The van der Waals surface area contributed by atoms with Crippen LogP contribution in [0.3, 0.4) is 0 Å². The molecule has 2 aromatic carbocycles. The van der Waals surface area contributed by atoms with E-state index in [9.17, 15) is 9.59 Å². The highest BCUT2D eigenvalue weighted by Gasteiger charge is 2.14. The van der Waals surface area contributed by atoms with Gasteiger partial charge in [-0.1, -0.05) is 18.2 Å². The van der Waals surface area contributed by atoms with Gasteiger partial charge in [-0.2, -0.15) is 0 Å². The van der Waals surface area contributed by atoms with Gasteiger partial charge in [-0.25, -0.2) is 0 Å². The minimum absolute atomic E-state index is 0.166. The normalized spacial score (nSPS) is 10.2. The number of pyridine rings is 1. The predicted molar refractivity (Wildman–Crippen MR) is 109 cm³/mol. The summed E-state index contributed by atoms with van der Waals surface area (Å²) in [5.74, 6) is -0.0673. The maximum Gasteiger partial charge on any atom is 0.274 e. The number of amides is 2. The van der Waals surface area contributed by atoms with Crippen LogP contribution in [0.2, 0.25) is 0 Å². The van der Waals surface area contributed by atoms with Crippen LogP contribution < -0.4 is 15.4 Å². The Morgan fingerprint density at radius 3 is 2.50 bits per heavy atom. The molecule has 0 saturated carbocycles. The number of aromatic nitrogens is 1. The smallest absolute Gasteiger partial charge is 0.274 e. The summed E-state index contributed by atoms with van der Waals surface area (Å²) in [6.45, 7) is 3.92. The zero-order chi connectivity index (χ0) is 20.1. The number of hydrogen-bond acceptors (Lipinski definition) is 4. The Morgan fingerprint density at radius 1 is 0.929 bits per heavy atom. The summed E-state index contributed by atoms with van der Waals surface area (Å²) < 4.78 is 5.15. The van der Waals surface area contributed by atoms with Crippen LogP contribution in [0.5, 0.6) is 5.75 Å². The van der Waals surface area contributed by atoms with E-state index in [0.717, 1.165) is 16.8 Å². The zero-order valence-corrected chi connectivity index (χ0v) is 15.9. The highest BCUT2D eigenvalue weighted by Crippen LogP contribution is 2.20. The molecule has 0 spiro atoms. The number of methoxy groups -OCH3 is 1. The van der Waals surface area contributed by atoms with Gasteiger partial charge in [0, 0.05) is 29.2 Å². The fourth-order valence-corrected chi connectivity index (χ4v) is 2.67. The van der Waals surface area contributed by atoms with Gasteiger partial charge in [-0.3, -0.25) is 14.6 Å². The number of nitrogens with zero attached hydrogens (tertiary/aromatic N) is 1. The van der Waals surface area contributed by atoms with E-state index in [2.05, 4.69) is 15.6 Å². The molecule has 142 valence electrons. The minimum Gasteiger partial charge on any atom is -0.497 e. The maximum absolute atomic E-state index is 12.6. The molecular weight excluding hydrogens is 354 g/mol. The van der Waals surface area contributed by atoms with Crippen molar-refractivity contribution in [2.75, 3.05) is 17.7 Å². The van der Waals surface area contributed by atoms with E-state index in [1.54, 1.807) is 37.4 Å². The summed E-state index contributed by atoms with van der Waals surface area (Å²) in [5, 5.41) is 5.64. The standard InChI is InChI=1S/C22H21N3O3/c1-14-6-4-9-19(15(14)2)25-22(27)20-12-16(10-11-23-20)21(26)24-17-7-5-8-18(13-17)28-3/h4-13H,1-3H3,(H,24,26)(H,25,27). The zero-order valence-electron chi connectivity index (χ0n) is 15.9. The van der Waals surface area contributed by atoms with Crippen molar-refractivity contribution < 1.29 is 14.3 Å². The number of ether oxygens (including phenoxy) is 1. The van der Waals surface area contributed by atoms with Crippen molar-refractivity contribution >= 4 is 23.2 Å². The predicted octanol–water partition coefficient (Wildman–Crippen LogP) is 4.21. The first-order valence-electron chi connectivity index (χ1n) is 8.77. The molecule has 1 aromatic heterocycles. The second-order valence-electron chi connectivity index (χ2n) is 6.32. The molecule has 0 unspecified atom stereocenters. The van der Waals surface area contributed by atoms with Gasteiger partial charge in [-0.05, 0) is 55.3 Å². The lowest BCUT2D eigenvalue weighted by molar-refractivity contribution is 0.102. The Hall–Kier alpha value is -3.67. The molecule has 1 heterocycles. The Balaban J connectivity index is 1.76. The van der Waals surface area contributed by atoms with Gasteiger partial charge in [-0.15, -0.1) is 0 Å². The summed E-state index contributed by atoms with van der Waals surface area (Å²) >= 11 is 0. The average molecular weight is 375 g/mol. The second-order valence-corrected chi connectivity index (χ2v) is 6.32. The summed E-state index contributed by atoms with van der Waals surface area (Å²) in [6.07, 6.45) is 1.44. The molecular formula is C22H21N3O3. The summed E-state index contributed by atoms with van der Waals surface area (Å²) in [5.41, 5.74) is 3.89. The summed E-state index contributed by atoms with van der Waals surface area (Å²) in [7, 11) is 1.56. The quantitative estimate of drug-likeness (QED) is 0.700. The number of carbonyl (C=O) groups is 2. The third kappa shape index (κ3) is 4.35. The monoisotopic (exact) mass is 375 g/mol. The van der Waals surface area contributed by atoms with E-state index < -0.39 is 0 Å². The lowest BCUT2D eigenvalue weighted by Gasteiger charge is -2.11. The number of nitrogens with one attached hydrogen (secondary N) is 2. The highest BCUT2D eigenvalue weighted by atomic mass is 16.5. The van der Waals surface area contributed by atoms with Crippen molar-refractivity contribution in [1.29, 1.82) is 0 Å². The topological polar surface area (TPSA) is 80.3 Å². The van der Waals surface area contributed by atoms with Gasteiger partial charge < -0.3 is 15.4 Å². The SMILES string of the molecule is COc1cccc(NC(=O)c2ccnc(C(=O)Nc3cccc(C)c3C)c2)c1. The molecule has 2 N–H and O–H groups in total. The van der Waals surface area contributed by atoms with Crippen LogP contribution in [0, 0.1) is 13.8 Å². The third-order valence-electron chi connectivity index (χ3n) is 4.44. The largest absolute Gasteiger partial charge is 0.497 e. The van der Waals surface area contributed by atoms with E-state index in [1.165, 1.54) is 12.3 Å². The first-order valence-corrected chi connectivity index (χ1v) is 8.77. The molecule has 28 heavy (non-hydrogen) atoms. The molecule has 6 heteroatoms. The van der Waals surface area contributed by atoms with Crippen molar-refractivity contribution in [3.05, 3.63) is 83.2 Å². The maximum atomic E-state index is 12.6. The molecule has 6 nitrogen and oxygen atoms in total. The van der Waals surface area contributed by atoms with Gasteiger partial charge in [0.2, 0.25) is 0 Å². The average Bonchev–Trinajstić information content (AvgIpc) is 2.71. The molecule has 0 aliphatic carbocycles. The van der Waals surface area contributed by atoms with Gasteiger partial charge >= 0.3 is 0 Å². The lowest BCUT2D eigenvalue weighted by atomic mass is 10.1. The van der Waals surface area contributed by atoms with Crippen molar-refractivity contribution in [3.63, 3.8) is 0 Å². The first-order chi connectivity index (χ1) is 13.5. The molecule has 0 aliphatic heterocycles. The Morgan fingerprint density at radius 2 is 1.71 bits per heavy atom. The van der Waals surface area contributed by atoms with Crippen LogP contribution in [0.15, 0.2) is 60.8 Å². The highest BCUT2D eigenvalue weighted by molar-refractivity contribution is 6.08. The lowest BCUT2D eigenvalue weighted by Crippen LogP contribution is -2.17. The van der Waals surface area contributed by atoms with Gasteiger partial charge in [0.05, 0.1) is 7.11 Å². The van der Waals surface area contributed by atoms with E-state index >= 15 is 0 Å². The van der Waals surface area contributed by atoms with E-state index in [0.29, 0.717) is 17.0 Å². The number of rotatable bonds is 5. The van der Waals surface area contributed by atoms with E-state index in [-0.39, 0.29) is 17.5 Å². The van der Waals surface area contributed by atoms with E-state index in [1.807, 2.05) is 32.0 Å². The second kappa shape index (κ2) is 8.35. The number of hydrogen-bond donors (Lipinski definition) is 2. The van der Waals surface area contributed by atoms with Crippen molar-refractivity contribution in [1.82, 2.24) is 4.98 Å². The Bertz CT molecular complexity index is 1030. The fourth-order valence-electron chi connectivity index (χ4n) is 2.67. The molecule has 0 aliphatic rings. The summed E-state index contributed by atoms with van der Waals surface area (Å²) in [4.78, 5) is 29.2. The van der Waals surface area contributed by atoms with Crippen LogP contribution in [-0.4, -0.2) is 23.9 Å². The van der Waals surface area contributed by atoms with E-state index in [4.69, 9.17) is 4.74 Å². The van der Waals surface area contributed by atoms with Crippen molar-refractivity contribution in [2.24, 2.45) is 0 Å². The molecule has 2 amide bonds. The van der Waals surface area contributed by atoms with Gasteiger partial charge in [0.1, 0.15) is 11.4 Å². The molecule has 0 radical (unpaired) electrons. The first kappa shape index (κ1) is 19.1. The molecule has 3 rings (SSSR count). The molecule has 0 saturated heterocycles. The van der Waals surface area contributed by atoms with Crippen molar-refractivity contribution in [2.45, 2.75) is 13.8 Å². The van der Waals surface area contributed by atoms with Crippen molar-refractivity contribution in [3.8, 4) is 5.75 Å². The van der Waals surface area contributed by atoms with Crippen LogP contribution in [0.1, 0.15) is 32.0 Å². The van der Waals surface area contributed by atoms with Crippen LogP contribution >= 0.6 is 0 Å². The number of anilines is 2. The fraction of sp³-hybridized carbons (Fsp3) is 0.136. The Labute approximate surface area is 163 Å². The number of aryl methyl sites for hydroxylation is 1. The van der Waals surface area contributed by atoms with Gasteiger partial charge in [0.15, 0.2) is 0 Å². The molecule has 0 bridgehead atoms. The van der Waals surface area contributed by atoms with Crippen LogP contribution in [0.4, 0.5) is 11.4 Å². The molecule has 3 aromatic rings. The third-order valence-corrected chi connectivity index (χ3v) is 4.44. The number of benzene rings is 2. The number of carbonyl (C=O) groups excluding carboxylic acids is 2. The molecule has 0 atom stereocenters. The van der Waals surface area contributed by atoms with Crippen LogP contribution in [0.25, 0.3) is 0 Å². The Kier molecular flexibility index (Phi) is 5.69. The molecule has 0 fully saturated rings. The minimum atomic E-state index is -0.371. The van der Waals surface area contributed by atoms with Gasteiger partial charge in [0.25, 0.3) is 11.8 Å².